The molecule has 1 aromatic rings. The normalized spacial score (nSPS) is 31.0. The second-order valence-electron chi connectivity index (χ2n) is 8.03. The van der Waals surface area contributed by atoms with Gasteiger partial charge in [-0.3, -0.25) is 4.98 Å². The summed E-state index contributed by atoms with van der Waals surface area (Å²) in [5, 5.41) is 13.6. The number of likely N-dealkylation sites (tertiary alicyclic amines) is 1. The Kier molecular flexibility index (Phi) is 5.16. The quantitative estimate of drug-likeness (QED) is 0.872. The van der Waals surface area contributed by atoms with Gasteiger partial charge in [-0.1, -0.05) is 18.9 Å². The van der Waals surface area contributed by atoms with E-state index in [0.717, 1.165) is 24.6 Å². The number of aromatic nitrogens is 1. The molecule has 1 aliphatic heterocycles. The maximum atomic E-state index is 9.72. The molecule has 2 heterocycles. The lowest BCUT2D eigenvalue weighted by Gasteiger charge is -2.42. The van der Waals surface area contributed by atoms with E-state index in [2.05, 4.69) is 27.3 Å². The summed E-state index contributed by atoms with van der Waals surface area (Å²) in [4.78, 5) is 7.33. The standard InChI is InChI=1S/C20H31N3O/c24-18-13-15(14-18)20(19-7-3-4-10-21-19)22-16-8-11-23(12-9-16)17-5-1-2-6-17/h3-4,7,10,15-18,20,22,24H,1-2,5-6,8-9,11-14H2. The van der Waals surface area contributed by atoms with Crippen LogP contribution in [0.15, 0.2) is 24.4 Å². The Morgan fingerprint density at radius 2 is 1.83 bits per heavy atom. The Labute approximate surface area is 145 Å². The predicted molar refractivity (Wildman–Crippen MR) is 95.7 cm³/mol. The molecule has 2 aliphatic carbocycles. The van der Waals surface area contributed by atoms with E-state index in [1.54, 1.807) is 0 Å². The van der Waals surface area contributed by atoms with Gasteiger partial charge < -0.3 is 15.3 Å². The minimum Gasteiger partial charge on any atom is -0.393 e. The first-order valence-corrected chi connectivity index (χ1v) is 9.88. The minimum absolute atomic E-state index is 0.104. The van der Waals surface area contributed by atoms with Crippen LogP contribution in [0.5, 0.6) is 0 Å². The minimum atomic E-state index is -0.104. The molecule has 24 heavy (non-hydrogen) atoms. The predicted octanol–water partition coefficient (Wildman–Crippen LogP) is 2.89. The van der Waals surface area contributed by atoms with E-state index in [9.17, 15) is 5.11 Å². The van der Waals surface area contributed by atoms with Crippen LogP contribution < -0.4 is 5.32 Å². The number of nitrogens with one attached hydrogen (secondary N) is 1. The zero-order valence-electron chi connectivity index (χ0n) is 14.6. The molecule has 1 unspecified atom stereocenters. The summed E-state index contributed by atoms with van der Waals surface area (Å²) in [6, 6.07) is 7.95. The van der Waals surface area contributed by atoms with Gasteiger partial charge >= 0.3 is 0 Å². The lowest BCUT2D eigenvalue weighted by Crippen LogP contribution is -2.49. The number of hydrogen-bond acceptors (Lipinski definition) is 4. The first-order chi connectivity index (χ1) is 11.8. The molecule has 1 saturated heterocycles. The first kappa shape index (κ1) is 16.5. The number of rotatable bonds is 5. The second kappa shape index (κ2) is 7.51. The SMILES string of the molecule is OC1CC(C(NC2CCN(C3CCCC3)CC2)c2ccccn2)C1. The van der Waals surface area contributed by atoms with Crippen molar-refractivity contribution in [1.82, 2.24) is 15.2 Å². The van der Waals surface area contributed by atoms with Crippen LogP contribution in [0.25, 0.3) is 0 Å². The second-order valence-corrected chi connectivity index (χ2v) is 8.03. The van der Waals surface area contributed by atoms with E-state index in [1.165, 1.54) is 51.6 Å². The molecular weight excluding hydrogens is 298 g/mol. The molecule has 1 aromatic heterocycles. The highest BCUT2D eigenvalue weighted by Crippen LogP contribution is 2.38. The Morgan fingerprint density at radius 1 is 1.08 bits per heavy atom. The van der Waals surface area contributed by atoms with Crippen molar-refractivity contribution < 1.29 is 5.11 Å². The molecular formula is C20H31N3O. The van der Waals surface area contributed by atoms with Crippen molar-refractivity contribution in [2.24, 2.45) is 5.92 Å². The lowest BCUT2D eigenvalue weighted by atomic mass is 9.75. The largest absolute Gasteiger partial charge is 0.393 e. The highest BCUT2D eigenvalue weighted by atomic mass is 16.3. The molecule has 3 aliphatic rings. The molecule has 4 nitrogen and oxygen atoms in total. The van der Waals surface area contributed by atoms with Crippen LogP contribution in [0, 0.1) is 5.92 Å². The van der Waals surface area contributed by atoms with E-state index >= 15 is 0 Å². The highest BCUT2D eigenvalue weighted by Gasteiger charge is 2.37. The van der Waals surface area contributed by atoms with Gasteiger partial charge in [0.15, 0.2) is 0 Å². The van der Waals surface area contributed by atoms with E-state index in [-0.39, 0.29) is 6.10 Å². The van der Waals surface area contributed by atoms with Crippen molar-refractivity contribution in [3.8, 4) is 0 Å². The molecule has 1 atom stereocenters. The van der Waals surface area contributed by atoms with E-state index in [1.807, 2.05) is 12.3 Å². The molecule has 4 rings (SSSR count). The summed E-state index contributed by atoms with van der Waals surface area (Å²) in [6.07, 6.45) is 11.8. The van der Waals surface area contributed by atoms with Crippen LogP contribution in [-0.2, 0) is 0 Å². The van der Waals surface area contributed by atoms with Gasteiger partial charge in [-0.25, -0.2) is 0 Å². The molecule has 2 N–H and O–H groups in total. The molecule has 0 spiro atoms. The Balaban J connectivity index is 1.35. The number of aliphatic hydroxyl groups is 1. The van der Waals surface area contributed by atoms with E-state index in [4.69, 9.17) is 0 Å². The summed E-state index contributed by atoms with van der Waals surface area (Å²) in [5.41, 5.74) is 1.15. The first-order valence-electron chi connectivity index (χ1n) is 9.88. The Hall–Kier alpha value is -0.970. The maximum absolute atomic E-state index is 9.72. The topological polar surface area (TPSA) is 48.4 Å². The zero-order valence-corrected chi connectivity index (χ0v) is 14.6. The van der Waals surface area contributed by atoms with E-state index in [0.29, 0.717) is 18.0 Å². The maximum Gasteiger partial charge on any atom is 0.0576 e. The average Bonchev–Trinajstić information content (AvgIpc) is 3.13. The van der Waals surface area contributed by atoms with Crippen molar-refractivity contribution in [1.29, 1.82) is 0 Å². The number of piperidine rings is 1. The van der Waals surface area contributed by atoms with Crippen LogP contribution in [0.3, 0.4) is 0 Å². The lowest BCUT2D eigenvalue weighted by molar-refractivity contribution is 0.0182. The summed E-state index contributed by atoms with van der Waals surface area (Å²) in [6.45, 7) is 2.48. The third kappa shape index (κ3) is 3.66. The number of nitrogens with zero attached hydrogens (tertiary/aromatic N) is 2. The molecule has 132 valence electrons. The fraction of sp³-hybridized carbons (Fsp3) is 0.750. The van der Waals surface area contributed by atoms with Crippen LogP contribution in [-0.4, -0.2) is 46.3 Å². The Bertz CT molecular complexity index is 503. The van der Waals surface area contributed by atoms with Gasteiger partial charge in [-0.2, -0.15) is 0 Å². The summed E-state index contributed by atoms with van der Waals surface area (Å²) >= 11 is 0. The summed E-state index contributed by atoms with van der Waals surface area (Å²) in [5.74, 6) is 0.530. The number of aliphatic hydroxyl groups excluding tert-OH is 1. The third-order valence-corrected chi connectivity index (χ3v) is 6.41. The molecule has 0 bridgehead atoms. The fourth-order valence-corrected chi connectivity index (χ4v) is 4.88. The van der Waals surface area contributed by atoms with Gasteiger partial charge in [0.05, 0.1) is 17.8 Å². The number of hydrogen-bond donors (Lipinski definition) is 2. The van der Waals surface area contributed by atoms with Crippen molar-refractivity contribution in [2.75, 3.05) is 13.1 Å². The molecule has 4 heteroatoms. The van der Waals surface area contributed by atoms with Gasteiger partial charge in [0.1, 0.15) is 0 Å². The molecule has 3 fully saturated rings. The smallest absolute Gasteiger partial charge is 0.0576 e. The third-order valence-electron chi connectivity index (χ3n) is 6.41. The van der Waals surface area contributed by atoms with Gasteiger partial charge in [0.25, 0.3) is 0 Å². The van der Waals surface area contributed by atoms with Crippen LogP contribution in [0.4, 0.5) is 0 Å². The van der Waals surface area contributed by atoms with E-state index < -0.39 is 0 Å². The average molecular weight is 329 g/mol. The Morgan fingerprint density at radius 3 is 2.46 bits per heavy atom. The molecule has 0 aromatic carbocycles. The molecule has 0 amide bonds. The van der Waals surface area contributed by atoms with Gasteiger partial charge in [0.2, 0.25) is 0 Å². The van der Waals surface area contributed by atoms with Crippen LogP contribution in [0.2, 0.25) is 0 Å². The van der Waals surface area contributed by atoms with Gasteiger partial charge in [-0.15, -0.1) is 0 Å². The van der Waals surface area contributed by atoms with Gasteiger partial charge in [0, 0.05) is 18.3 Å². The molecule has 0 radical (unpaired) electrons. The number of pyridine rings is 1. The van der Waals surface area contributed by atoms with Crippen molar-refractivity contribution in [3.05, 3.63) is 30.1 Å². The zero-order chi connectivity index (χ0) is 16.4. The van der Waals surface area contributed by atoms with Crippen LogP contribution >= 0.6 is 0 Å². The summed E-state index contributed by atoms with van der Waals surface area (Å²) in [7, 11) is 0. The van der Waals surface area contributed by atoms with Crippen molar-refractivity contribution >= 4 is 0 Å². The fourth-order valence-electron chi connectivity index (χ4n) is 4.88. The van der Waals surface area contributed by atoms with Crippen LogP contribution in [0.1, 0.15) is 63.1 Å². The monoisotopic (exact) mass is 329 g/mol. The highest BCUT2D eigenvalue weighted by molar-refractivity contribution is 5.12. The summed E-state index contributed by atoms with van der Waals surface area (Å²) < 4.78 is 0. The molecule has 2 saturated carbocycles. The van der Waals surface area contributed by atoms with Gasteiger partial charge in [-0.05, 0) is 69.7 Å². The van der Waals surface area contributed by atoms with Crippen molar-refractivity contribution in [3.63, 3.8) is 0 Å². The van der Waals surface area contributed by atoms with Crippen molar-refractivity contribution in [2.45, 2.75) is 75.6 Å².